The molecule has 182 valence electrons. The summed E-state index contributed by atoms with van der Waals surface area (Å²) in [5.74, 6) is -0.772. The summed E-state index contributed by atoms with van der Waals surface area (Å²) < 4.78 is 0. The largest absolute Gasteiger partial charge is 0.388 e. The molecule has 0 bridgehead atoms. The molecule has 0 saturated carbocycles. The SMILES string of the molecule is CCc1c(C#N)c(SC(C(N)=O)c2ccccc2)nc(N(C)CC(=O)N2C[C@H](O)[C@@H](O)C2)c1C#N. The molecule has 1 aliphatic heterocycles. The second-order valence-corrected chi connectivity index (χ2v) is 9.24. The number of β-amino-alcohol motifs (C(OH)–C–C–N with tert-alkyl or cyclic N) is 2. The third kappa shape index (κ3) is 5.54. The number of aliphatic hydroxyl groups is 2. The molecular weight excluding hydrogens is 468 g/mol. The van der Waals surface area contributed by atoms with E-state index in [1.165, 1.54) is 9.80 Å². The van der Waals surface area contributed by atoms with Gasteiger partial charge in [0.1, 0.15) is 28.2 Å². The van der Waals surface area contributed by atoms with E-state index in [1.54, 1.807) is 38.2 Å². The third-order valence-electron chi connectivity index (χ3n) is 5.76. The summed E-state index contributed by atoms with van der Waals surface area (Å²) in [6.45, 7) is 1.66. The first-order chi connectivity index (χ1) is 16.7. The van der Waals surface area contributed by atoms with Crippen LogP contribution in [0.3, 0.4) is 0 Å². The normalized spacial score (nSPS) is 17.9. The summed E-state index contributed by atoms with van der Waals surface area (Å²) in [5, 5.41) is 38.7. The first-order valence-corrected chi connectivity index (χ1v) is 11.8. The predicted molar refractivity (Wildman–Crippen MR) is 129 cm³/mol. The number of nitrogens with two attached hydrogens (primary N) is 1. The number of carbonyl (C=O) groups excluding carboxylic acids is 2. The minimum atomic E-state index is -1.01. The van der Waals surface area contributed by atoms with Crippen molar-refractivity contribution in [1.29, 1.82) is 10.5 Å². The first-order valence-electron chi connectivity index (χ1n) is 10.9. The number of benzene rings is 1. The summed E-state index contributed by atoms with van der Waals surface area (Å²) in [6, 6.07) is 13.1. The number of nitrogens with zero attached hydrogens (tertiary/aromatic N) is 5. The Hall–Kier alpha value is -3.64. The Bertz CT molecular complexity index is 1180. The number of aromatic nitrogens is 1. The van der Waals surface area contributed by atoms with E-state index in [9.17, 15) is 30.3 Å². The van der Waals surface area contributed by atoms with Gasteiger partial charge < -0.3 is 25.7 Å². The zero-order chi connectivity index (χ0) is 25.7. The molecule has 11 heteroatoms. The van der Waals surface area contributed by atoms with Crippen LogP contribution in [0.4, 0.5) is 5.82 Å². The van der Waals surface area contributed by atoms with Gasteiger partial charge in [-0.3, -0.25) is 9.59 Å². The standard InChI is InChI=1S/C24H26N6O4S/c1-3-15-16(9-25)23(29(2)13-20(33)30-11-18(31)19(32)12-30)28-24(17(15)10-26)35-21(22(27)34)14-7-5-4-6-8-14/h4-8,18-19,21,31-32H,3,11-13H2,1-2H3,(H2,27,34)/t18-,19-,21?/m0/s1. The van der Waals surface area contributed by atoms with Crippen LogP contribution >= 0.6 is 11.8 Å². The van der Waals surface area contributed by atoms with E-state index in [-0.39, 0.29) is 47.5 Å². The highest BCUT2D eigenvalue weighted by molar-refractivity contribution is 8.00. The molecule has 35 heavy (non-hydrogen) atoms. The number of hydrogen-bond donors (Lipinski definition) is 3. The molecule has 0 radical (unpaired) electrons. The molecule has 10 nitrogen and oxygen atoms in total. The fourth-order valence-corrected chi connectivity index (χ4v) is 4.98. The van der Waals surface area contributed by atoms with Crippen LogP contribution in [0.1, 0.15) is 34.4 Å². The molecule has 1 aromatic heterocycles. The van der Waals surface area contributed by atoms with E-state index < -0.39 is 23.4 Å². The van der Waals surface area contributed by atoms with Crippen LogP contribution in [0, 0.1) is 22.7 Å². The molecule has 3 rings (SSSR count). The van der Waals surface area contributed by atoms with Crippen molar-refractivity contribution >= 4 is 29.4 Å². The molecular formula is C24H26N6O4S. The zero-order valence-electron chi connectivity index (χ0n) is 19.4. The Morgan fingerprint density at radius 3 is 2.31 bits per heavy atom. The van der Waals surface area contributed by atoms with Gasteiger partial charge in [-0.1, -0.05) is 49.0 Å². The van der Waals surface area contributed by atoms with E-state index in [0.29, 0.717) is 17.5 Å². The molecule has 1 aliphatic rings. The van der Waals surface area contributed by atoms with Crippen LogP contribution < -0.4 is 10.6 Å². The molecule has 2 aromatic rings. The number of thioether (sulfide) groups is 1. The van der Waals surface area contributed by atoms with E-state index in [2.05, 4.69) is 17.1 Å². The van der Waals surface area contributed by atoms with Crippen molar-refractivity contribution in [2.45, 2.75) is 35.8 Å². The van der Waals surface area contributed by atoms with Gasteiger partial charge in [0.15, 0.2) is 0 Å². The number of amides is 2. The summed E-state index contributed by atoms with van der Waals surface area (Å²) in [4.78, 5) is 32.4. The van der Waals surface area contributed by atoms with Gasteiger partial charge >= 0.3 is 0 Å². The molecule has 3 atom stereocenters. The molecule has 2 amide bonds. The second kappa shape index (κ2) is 11.2. The highest BCUT2D eigenvalue weighted by Gasteiger charge is 2.33. The zero-order valence-corrected chi connectivity index (χ0v) is 20.2. The van der Waals surface area contributed by atoms with Gasteiger partial charge in [0.25, 0.3) is 0 Å². The number of anilines is 1. The first kappa shape index (κ1) is 26.0. The Labute approximate surface area is 207 Å². The van der Waals surface area contributed by atoms with Crippen molar-refractivity contribution in [3.05, 3.63) is 52.6 Å². The third-order valence-corrected chi connectivity index (χ3v) is 7.02. The number of likely N-dealkylation sites (tertiary alicyclic amines) is 1. The Morgan fingerprint density at radius 2 is 1.80 bits per heavy atom. The molecule has 1 aromatic carbocycles. The summed E-state index contributed by atoms with van der Waals surface area (Å²) in [6.07, 6.45) is -1.66. The fourth-order valence-electron chi connectivity index (χ4n) is 3.93. The van der Waals surface area contributed by atoms with Crippen LogP contribution in [0.25, 0.3) is 0 Å². The van der Waals surface area contributed by atoms with Crippen molar-refractivity contribution in [3.63, 3.8) is 0 Å². The van der Waals surface area contributed by atoms with Crippen molar-refractivity contribution < 1.29 is 19.8 Å². The predicted octanol–water partition coefficient (Wildman–Crippen LogP) is 0.706. The number of aliphatic hydroxyl groups excluding tert-OH is 2. The number of nitriles is 2. The lowest BCUT2D eigenvalue weighted by molar-refractivity contribution is -0.129. The number of hydrogen-bond acceptors (Lipinski definition) is 9. The summed E-state index contributed by atoms with van der Waals surface area (Å²) >= 11 is 1.02. The lowest BCUT2D eigenvalue weighted by atomic mass is 10.0. The van der Waals surface area contributed by atoms with Crippen molar-refractivity contribution in [1.82, 2.24) is 9.88 Å². The van der Waals surface area contributed by atoms with Gasteiger partial charge in [-0.2, -0.15) is 10.5 Å². The highest BCUT2D eigenvalue weighted by Crippen LogP contribution is 2.39. The molecule has 2 heterocycles. The van der Waals surface area contributed by atoms with Crippen LogP contribution in [0.5, 0.6) is 0 Å². The topological polar surface area (TPSA) is 168 Å². The van der Waals surface area contributed by atoms with Crippen LogP contribution in [-0.2, 0) is 16.0 Å². The number of primary amides is 1. The number of carbonyl (C=O) groups is 2. The van der Waals surface area contributed by atoms with Gasteiger partial charge in [-0.05, 0) is 17.5 Å². The number of rotatable bonds is 8. The fraction of sp³-hybridized carbons (Fsp3) is 0.375. The maximum Gasteiger partial charge on any atom is 0.242 e. The highest BCUT2D eigenvalue weighted by atomic mass is 32.2. The molecule has 4 N–H and O–H groups in total. The maximum absolute atomic E-state index is 12.8. The van der Waals surface area contributed by atoms with Gasteiger partial charge in [-0.25, -0.2) is 4.98 Å². The minimum absolute atomic E-state index is 0.0123. The van der Waals surface area contributed by atoms with E-state index in [0.717, 1.165) is 11.8 Å². The van der Waals surface area contributed by atoms with Crippen molar-refractivity contribution in [3.8, 4) is 12.1 Å². The Morgan fingerprint density at radius 1 is 1.20 bits per heavy atom. The van der Waals surface area contributed by atoms with Crippen LogP contribution in [-0.4, -0.2) is 70.8 Å². The monoisotopic (exact) mass is 494 g/mol. The van der Waals surface area contributed by atoms with Gasteiger partial charge in [0.2, 0.25) is 11.8 Å². The molecule has 0 aliphatic carbocycles. The van der Waals surface area contributed by atoms with Gasteiger partial charge in [0.05, 0.1) is 29.9 Å². The van der Waals surface area contributed by atoms with E-state index in [1.807, 2.05) is 6.07 Å². The molecule has 1 saturated heterocycles. The summed E-state index contributed by atoms with van der Waals surface area (Å²) in [5.41, 5.74) is 7.13. The van der Waals surface area contributed by atoms with Gasteiger partial charge in [0, 0.05) is 20.1 Å². The van der Waals surface area contributed by atoms with Crippen LogP contribution in [0.15, 0.2) is 35.4 Å². The maximum atomic E-state index is 12.8. The van der Waals surface area contributed by atoms with Gasteiger partial charge in [-0.15, -0.1) is 0 Å². The molecule has 1 unspecified atom stereocenters. The number of likely N-dealkylation sites (N-methyl/N-ethyl adjacent to an activating group) is 1. The van der Waals surface area contributed by atoms with E-state index in [4.69, 9.17) is 5.73 Å². The molecule has 1 fully saturated rings. The van der Waals surface area contributed by atoms with E-state index >= 15 is 0 Å². The van der Waals surface area contributed by atoms with Crippen molar-refractivity contribution in [2.75, 3.05) is 31.6 Å². The van der Waals surface area contributed by atoms with Crippen molar-refractivity contribution in [2.24, 2.45) is 5.73 Å². The second-order valence-electron chi connectivity index (χ2n) is 8.15. The summed E-state index contributed by atoms with van der Waals surface area (Å²) in [7, 11) is 1.59. The Balaban J connectivity index is 2.01. The number of pyridine rings is 1. The average molecular weight is 495 g/mol. The Kier molecular flexibility index (Phi) is 8.30. The smallest absolute Gasteiger partial charge is 0.242 e. The lowest BCUT2D eigenvalue weighted by Gasteiger charge is -2.25. The molecule has 0 spiro atoms. The van der Waals surface area contributed by atoms with Crippen LogP contribution in [0.2, 0.25) is 0 Å². The average Bonchev–Trinajstić information content (AvgIpc) is 3.19. The lowest BCUT2D eigenvalue weighted by Crippen LogP contribution is -2.39. The quantitative estimate of drug-likeness (QED) is 0.448. The minimum Gasteiger partial charge on any atom is -0.388 e.